The number of amides is 1. The Labute approximate surface area is 124 Å². The third kappa shape index (κ3) is 3.17. The van der Waals surface area contributed by atoms with Crippen molar-refractivity contribution in [1.82, 2.24) is 9.21 Å². The number of sulfonamides is 1. The molecule has 1 amide bonds. The van der Waals surface area contributed by atoms with Gasteiger partial charge in [-0.15, -0.1) is 0 Å². The third-order valence-electron chi connectivity index (χ3n) is 3.53. The molecule has 0 bridgehead atoms. The quantitative estimate of drug-likeness (QED) is 0.826. The summed E-state index contributed by atoms with van der Waals surface area (Å²) in [5.74, 6) is -0.466. The molecule has 0 aliphatic carbocycles. The summed E-state index contributed by atoms with van der Waals surface area (Å²) >= 11 is 0. The molecule has 21 heavy (non-hydrogen) atoms. The molecule has 116 valence electrons. The number of ether oxygens (including phenoxy) is 1. The zero-order valence-corrected chi connectivity index (χ0v) is 12.9. The number of primary amides is 1. The normalized spacial score (nSPS) is 17.6. The van der Waals surface area contributed by atoms with Crippen molar-refractivity contribution in [2.45, 2.75) is 4.90 Å². The Hall–Kier alpha value is -1.64. The predicted molar refractivity (Wildman–Crippen MR) is 77.8 cm³/mol. The highest BCUT2D eigenvalue weighted by molar-refractivity contribution is 7.89. The van der Waals surface area contributed by atoms with Crippen LogP contribution < -0.4 is 10.5 Å². The smallest absolute Gasteiger partial charge is 0.248 e. The number of methoxy groups -OCH3 is 1. The van der Waals surface area contributed by atoms with Crippen molar-refractivity contribution >= 4 is 15.9 Å². The molecule has 2 rings (SSSR count). The minimum absolute atomic E-state index is 0.0224. The number of piperazine rings is 1. The van der Waals surface area contributed by atoms with E-state index in [2.05, 4.69) is 4.90 Å². The van der Waals surface area contributed by atoms with E-state index in [1.165, 1.54) is 29.6 Å². The van der Waals surface area contributed by atoms with Crippen LogP contribution in [0, 0.1) is 0 Å². The third-order valence-corrected chi connectivity index (χ3v) is 5.45. The highest BCUT2D eigenvalue weighted by atomic mass is 32.2. The summed E-state index contributed by atoms with van der Waals surface area (Å²) in [4.78, 5) is 13.3. The van der Waals surface area contributed by atoms with Gasteiger partial charge in [-0.25, -0.2) is 8.42 Å². The molecule has 1 fully saturated rings. The Morgan fingerprint density at radius 3 is 2.38 bits per heavy atom. The second kappa shape index (κ2) is 6.00. The number of carbonyl (C=O) groups excluding carboxylic acids is 1. The van der Waals surface area contributed by atoms with Crippen molar-refractivity contribution in [3.05, 3.63) is 23.8 Å². The molecule has 0 aromatic heterocycles. The van der Waals surface area contributed by atoms with Gasteiger partial charge in [-0.05, 0) is 25.2 Å². The van der Waals surface area contributed by atoms with Gasteiger partial charge in [-0.3, -0.25) is 4.79 Å². The van der Waals surface area contributed by atoms with E-state index in [0.29, 0.717) is 26.2 Å². The molecule has 8 heteroatoms. The fourth-order valence-electron chi connectivity index (χ4n) is 2.20. The van der Waals surface area contributed by atoms with E-state index in [9.17, 15) is 13.2 Å². The lowest BCUT2D eigenvalue weighted by molar-refractivity contribution is 0.1000. The van der Waals surface area contributed by atoms with Gasteiger partial charge in [0.25, 0.3) is 0 Å². The second-order valence-electron chi connectivity index (χ2n) is 4.94. The van der Waals surface area contributed by atoms with Crippen LogP contribution in [0.3, 0.4) is 0 Å². The summed E-state index contributed by atoms with van der Waals surface area (Å²) in [7, 11) is -0.376. The maximum absolute atomic E-state index is 12.7. The van der Waals surface area contributed by atoms with E-state index in [1.807, 2.05) is 7.05 Å². The highest BCUT2D eigenvalue weighted by Crippen LogP contribution is 2.28. The van der Waals surface area contributed by atoms with Crippen LogP contribution in [0.2, 0.25) is 0 Å². The average Bonchev–Trinajstić information content (AvgIpc) is 2.46. The number of rotatable bonds is 4. The van der Waals surface area contributed by atoms with Gasteiger partial charge in [0, 0.05) is 31.7 Å². The summed E-state index contributed by atoms with van der Waals surface area (Å²) < 4.78 is 32.0. The van der Waals surface area contributed by atoms with Gasteiger partial charge in [-0.1, -0.05) is 0 Å². The molecule has 7 nitrogen and oxygen atoms in total. The van der Waals surface area contributed by atoms with E-state index in [0.717, 1.165) is 0 Å². The summed E-state index contributed by atoms with van der Waals surface area (Å²) in [6, 6.07) is 4.17. The molecule has 1 aliphatic rings. The van der Waals surface area contributed by atoms with Crippen molar-refractivity contribution < 1.29 is 17.9 Å². The minimum Gasteiger partial charge on any atom is -0.495 e. The Morgan fingerprint density at radius 1 is 1.24 bits per heavy atom. The maximum atomic E-state index is 12.7. The molecule has 1 saturated heterocycles. The fraction of sp³-hybridized carbons (Fsp3) is 0.462. The molecule has 1 aliphatic heterocycles. The van der Waals surface area contributed by atoms with Crippen LogP contribution >= 0.6 is 0 Å². The largest absolute Gasteiger partial charge is 0.495 e. The Morgan fingerprint density at radius 2 is 1.86 bits per heavy atom. The topological polar surface area (TPSA) is 92.9 Å². The molecule has 2 N–H and O–H groups in total. The first-order chi connectivity index (χ1) is 9.86. The first-order valence-corrected chi connectivity index (χ1v) is 7.97. The molecule has 1 aromatic carbocycles. The summed E-state index contributed by atoms with van der Waals surface area (Å²) in [6.45, 7) is 2.14. The number of hydrogen-bond acceptors (Lipinski definition) is 5. The number of nitrogens with zero attached hydrogens (tertiary/aromatic N) is 2. The van der Waals surface area contributed by atoms with Gasteiger partial charge in [0.2, 0.25) is 15.9 Å². The van der Waals surface area contributed by atoms with Crippen molar-refractivity contribution in [1.29, 1.82) is 0 Å². The van der Waals surface area contributed by atoms with Crippen LogP contribution in [0.4, 0.5) is 0 Å². The molecule has 1 aromatic rings. The van der Waals surface area contributed by atoms with E-state index in [-0.39, 0.29) is 16.2 Å². The monoisotopic (exact) mass is 313 g/mol. The lowest BCUT2D eigenvalue weighted by Crippen LogP contribution is -2.47. The number of hydrogen-bond donors (Lipinski definition) is 1. The average molecular weight is 313 g/mol. The lowest BCUT2D eigenvalue weighted by Gasteiger charge is -2.31. The molecule has 1 heterocycles. The minimum atomic E-state index is -3.71. The van der Waals surface area contributed by atoms with Crippen molar-refractivity contribution in [2.75, 3.05) is 40.3 Å². The molecule has 0 saturated carbocycles. The lowest BCUT2D eigenvalue weighted by atomic mass is 10.2. The molecule has 0 spiro atoms. The van der Waals surface area contributed by atoms with E-state index < -0.39 is 15.9 Å². The van der Waals surface area contributed by atoms with Gasteiger partial charge < -0.3 is 15.4 Å². The van der Waals surface area contributed by atoms with Crippen molar-refractivity contribution in [3.8, 4) is 5.75 Å². The predicted octanol–water partition coefficient (Wildman–Crippen LogP) is -0.270. The van der Waals surface area contributed by atoms with E-state index >= 15 is 0 Å². The first-order valence-electron chi connectivity index (χ1n) is 6.53. The van der Waals surface area contributed by atoms with Crippen LogP contribution in [0.5, 0.6) is 5.75 Å². The van der Waals surface area contributed by atoms with Crippen LogP contribution in [-0.2, 0) is 10.0 Å². The van der Waals surface area contributed by atoms with Gasteiger partial charge in [0.15, 0.2) is 0 Å². The summed E-state index contributed by atoms with van der Waals surface area (Å²) in [5.41, 5.74) is 5.36. The SMILES string of the molecule is COc1ccc(C(N)=O)cc1S(=O)(=O)N1CCN(C)CC1. The van der Waals surface area contributed by atoms with Crippen molar-refractivity contribution in [3.63, 3.8) is 0 Å². The zero-order chi connectivity index (χ0) is 15.6. The molecular formula is C13H19N3O4S. The summed E-state index contributed by atoms with van der Waals surface area (Å²) in [5, 5.41) is 0. The summed E-state index contributed by atoms with van der Waals surface area (Å²) in [6.07, 6.45) is 0. The number of likely N-dealkylation sites (N-methyl/N-ethyl adjacent to an activating group) is 1. The number of carbonyl (C=O) groups is 1. The van der Waals surface area contributed by atoms with E-state index in [1.54, 1.807) is 0 Å². The van der Waals surface area contributed by atoms with Crippen LogP contribution in [0.25, 0.3) is 0 Å². The standard InChI is InChI=1S/C13H19N3O4S/c1-15-5-7-16(8-6-15)21(18,19)12-9-10(13(14)17)3-4-11(12)20-2/h3-4,9H,5-8H2,1-2H3,(H2,14,17). The van der Waals surface area contributed by atoms with Gasteiger partial charge in [0.05, 0.1) is 7.11 Å². The van der Waals surface area contributed by atoms with Gasteiger partial charge in [-0.2, -0.15) is 4.31 Å². The van der Waals surface area contributed by atoms with E-state index in [4.69, 9.17) is 10.5 Å². The second-order valence-corrected chi connectivity index (χ2v) is 6.84. The highest BCUT2D eigenvalue weighted by Gasteiger charge is 2.30. The molecule has 0 atom stereocenters. The van der Waals surface area contributed by atoms with Gasteiger partial charge >= 0.3 is 0 Å². The van der Waals surface area contributed by atoms with Crippen molar-refractivity contribution in [2.24, 2.45) is 5.73 Å². The Balaban J connectivity index is 2.43. The van der Waals surface area contributed by atoms with Crippen LogP contribution in [-0.4, -0.2) is 63.9 Å². The number of benzene rings is 1. The molecule has 0 radical (unpaired) electrons. The first kappa shape index (κ1) is 15.7. The Bertz CT molecular complexity index is 637. The number of nitrogens with two attached hydrogens (primary N) is 1. The fourth-order valence-corrected chi connectivity index (χ4v) is 3.80. The Kier molecular flexibility index (Phi) is 4.50. The van der Waals surface area contributed by atoms with Gasteiger partial charge in [0.1, 0.15) is 10.6 Å². The molecule has 0 unspecified atom stereocenters. The molecular weight excluding hydrogens is 294 g/mol. The zero-order valence-electron chi connectivity index (χ0n) is 12.1. The maximum Gasteiger partial charge on any atom is 0.248 e. The van der Waals surface area contributed by atoms with Crippen LogP contribution in [0.1, 0.15) is 10.4 Å². The van der Waals surface area contributed by atoms with Crippen LogP contribution in [0.15, 0.2) is 23.1 Å².